The fraction of sp³-hybridized carbons (Fsp3) is 0.667. The summed E-state index contributed by atoms with van der Waals surface area (Å²) in [5.74, 6) is 0.824. The Morgan fingerprint density at radius 2 is 2.30 bits per heavy atom. The van der Waals surface area contributed by atoms with Crippen molar-refractivity contribution >= 4 is 17.4 Å². The van der Waals surface area contributed by atoms with E-state index in [2.05, 4.69) is 29.8 Å². The van der Waals surface area contributed by atoms with Crippen LogP contribution in [0.5, 0.6) is 0 Å². The van der Waals surface area contributed by atoms with Crippen LogP contribution in [-0.4, -0.2) is 42.3 Å². The molecule has 0 radical (unpaired) electrons. The first kappa shape index (κ1) is 15.3. The van der Waals surface area contributed by atoms with Crippen molar-refractivity contribution in [3.63, 3.8) is 0 Å². The van der Waals surface area contributed by atoms with Crippen LogP contribution in [0.1, 0.15) is 24.6 Å². The fourth-order valence-electron chi connectivity index (χ4n) is 2.54. The Labute approximate surface area is 124 Å². The van der Waals surface area contributed by atoms with E-state index in [1.807, 2.05) is 4.90 Å². The van der Waals surface area contributed by atoms with Crippen LogP contribution in [0.3, 0.4) is 0 Å². The maximum Gasteiger partial charge on any atom is 0.317 e. The Kier molecular flexibility index (Phi) is 5.86. The number of nitrogens with zero attached hydrogens (tertiary/aromatic N) is 1. The lowest BCUT2D eigenvalue weighted by Crippen LogP contribution is -2.46. The molecule has 2 heterocycles. The first-order chi connectivity index (χ1) is 9.69. The second-order valence-electron chi connectivity index (χ2n) is 5.69. The second kappa shape index (κ2) is 7.64. The Balaban J connectivity index is 1.67. The number of aliphatic hydroxyl groups excluding tert-OH is 1. The number of hydrogen-bond donors (Lipinski definition) is 2. The highest BCUT2D eigenvalue weighted by atomic mass is 32.1. The van der Waals surface area contributed by atoms with Gasteiger partial charge in [0, 0.05) is 31.1 Å². The van der Waals surface area contributed by atoms with E-state index < -0.39 is 0 Å². The molecule has 0 aromatic carbocycles. The molecule has 1 aromatic rings. The summed E-state index contributed by atoms with van der Waals surface area (Å²) >= 11 is 1.77. The quantitative estimate of drug-likeness (QED) is 0.876. The molecule has 112 valence electrons. The summed E-state index contributed by atoms with van der Waals surface area (Å²) in [5, 5.41) is 14.2. The third-order valence-electron chi connectivity index (χ3n) is 3.89. The molecule has 2 amide bonds. The summed E-state index contributed by atoms with van der Waals surface area (Å²) in [4.78, 5) is 15.3. The number of amides is 2. The van der Waals surface area contributed by atoms with Crippen LogP contribution in [0.15, 0.2) is 17.5 Å². The number of rotatable bonds is 5. The fourth-order valence-corrected chi connectivity index (χ4v) is 3.41. The molecule has 2 N–H and O–H groups in total. The van der Waals surface area contributed by atoms with Gasteiger partial charge < -0.3 is 15.3 Å². The van der Waals surface area contributed by atoms with E-state index in [1.54, 1.807) is 11.3 Å². The molecule has 20 heavy (non-hydrogen) atoms. The molecule has 0 spiro atoms. The Bertz CT molecular complexity index is 400. The molecule has 1 aliphatic rings. The predicted molar refractivity (Wildman–Crippen MR) is 82.0 cm³/mol. The highest BCUT2D eigenvalue weighted by molar-refractivity contribution is 7.09. The highest BCUT2D eigenvalue weighted by Gasteiger charge is 2.22. The number of hydrogen-bond acceptors (Lipinski definition) is 3. The molecule has 0 unspecified atom stereocenters. The molecule has 1 fully saturated rings. The van der Waals surface area contributed by atoms with Crippen LogP contribution in [0.2, 0.25) is 0 Å². The maximum absolute atomic E-state index is 12.1. The monoisotopic (exact) mass is 296 g/mol. The lowest BCUT2D eigenvalue weighted by atomic mass is 9.98. The number of aliphatic hydroxyl groups is 1. The number of nitrogens with one attached hydrogen (secondary N) is 1. The minimum atomic E-state index is 0.0411. The van der Waals surface area contributed by atoms with Crippen LogP contribution in [0.25, 0.3) is 0 Å². The number of urea groups is 1. The molecule has 0 saturated carbocycles. The van der Waals surface area contributed by atoms with Crippen molar-refractivity contribution in [3.05, 3.63) is 22.4 Å². The van der Waals surface area contributed by atoms with Crippen molar-refractivity contribution in [2.45, 2.75) is 26.2 Å². The first-order valence-electron chi connectivity index (χ1n) is 7.35. The van der Waals surface area contributed by atoms with Crippen LogP contribution < -0.4 is 5.32 Å². The van der Waals surface area contributed by atoms with Gasteiger partial charge in [-0.1, -0.05) is 13.0 Å². The van der Waals surface area contributed by atoms with Gasteiger partial charge in [0.05, 0.1) is 0 Å². The summed E-state index contributed by atoms with van der Waals surface area (Å²) in [6, 6.07) is 4.25. The zero-order valence-corrected chi connectivity index (χ0v) is 12.9. The molecule has 1 atom stereocenters. The van der Waals surface area contributed by atoms with Gasteiger partial charge in [0.1, 0.15) is 0 Å². The van der Waals surface area contributed by atoms with E-state index in [0.29, 0.717) is 11.8 Å². The van der Waals surface area contributed by atoms with Gasteiger partial charge >= 0.3 is 6.03 Å². The van der Waals surface area contributed by atoms with Crippen LogP contribution in [-0.2, 0) is 6.42 Å². The molecule has 5 heteroatoms. The van der Waals surface area contributed by atoms with Gasteiger partial charge in [-0.05, 0) is 42.5 Å². The van der Waals surface area contributed by atoms with E-state index in [0.717, 1.165) is 38.9 Å². The minimum Gasteiger partial charge on any atom is -0.396 e. The largest absolute Gasteiger partial charge is 0.396 e. The van der Waals surface area contributed by atoms with E-state index >= 15 is 0 Å². The second-order valence-corrected chi connectivity index (χ2v) is 6.72. The zero-order chi connectivity index (χ0) is 14.4. The van der Waals surface area contributed by atoms with Gasteiger partial charge in [-0.3, -0.25) is 0 Å². The van der Waals surface area contributed by atoms with Crippen molar-refractivity contribution in [2.75, 3.05) is 26.2 Å². The minimum absolute atomic E-state index is 0.0411. The van der Waals surface area contributed by atoms with E-state index in [9.17, 15) is 4.79 Å². The topological polar surface area (TPSA) is 52.6 Å². The van der Waals surface area contributed by atoms with Gasteiger partial charge in [-0.25, -0.2) is 4.79 Å². The van der Waals surface area contributed by atoms with Gasteiger partial charge in [0.2, 0.25) is 0 Å². The normalized spacial score (nSPS) is 18.0. The smallest absolute Gasteiger partial charge is 0.317 e. The van der Waals surface area contributed by atoms with Crippen molar-refractivity contribution in [2.24, 2.45) is 11.8 Å². The van der Waals surface area contributed by atoms with Gasteiger partial charge in [-0.2, -0.15) is 0 Å². The third kappa shape index (κ3) is 4.49. The summed E-state index contributed by atoms with van der Waals surface area (Å²) in [6.07, 6.45) is 2.84. The molecule has 2 rings (SSSR count). The van der Waals surface area contributed by atoms with E-state index in [1.165, 1.54) is 4.88 Å². The third-order valence-corrected chi connectivity index (χ3v) is 4.79. The average molecular weight is 296 g/mol. The van der Waals surface area contributed by atoms with E-state index in [-0.39, 0.29) is 12.6 Å². The van der Waals surface area contributed by atoms with Gasteiger partial charge in [0.15, 0.2) is 0 Å². The van der Waals surface area contributed by atoms with Crippen LogP contribution >= 0.6 is 11.3 Å². The Morgan fingerprint density at radius 1 is 1.55 bits per heavy atom. The van der Waals surface area contributed by atoms with Crippen molar-refractivity contribution in [1.29, 1.82) is 0 Å². The number of likely N-dealkylation sites (tertiary alicyclic amines) is 1. The number of thiophene rings is 1. The first-order valence-corrected chi connectivity index (χ1v) is 8.23. The SMILES string of the molecule is C[C@H](CNC(=O)N1CCC(CO)CC1)Cc1cccs1. The van der Waals surface area contributed by atoms with Crippen molar-refractivity contribution < 1.29 is 9.90 Å². The Hall–Kier alpha value is -1.07. The Morgan fingerprint density at radius 3 is 2.90 bits per heavy atom. The molecular formula is C15H24N2O2S. The number of carbonyl (C=O) groups is 1. The zero-order valence-electron chi connectivity index (χ0n) is 12.0. The molecule has 1 aromatic heterocycles. The van der Waals surface area contributed by atoms with Crippen molar-refractivity contribution in [1.82, 2.24) is 10.2 Å². The van der Waals surface area contributed by atoms with Gasteiger partial charge in [-0.15, -0.1) is 11.3 Å². The van der Waals surface area contributed by atoms with E-state index in [4.69, 9.17) is 5.11 Å². The molecule has 4 nitrogen and oxygen atoms in total. The van der Waals surface area contributed by atoms with Crippen molar-refractivity contribution in [3.8, 4) is 0 Å². The molecular weight excluding hydrogens is 272 g/mol. The molecule has 0 aliphatic carbocycles. The van der Waals surface area contributed by atoms with Crippen LogP contribution in [0.4, 0.5) is 4.79 Å². The average Bonchev–Trinajstić information content (AvgIpc) is 2.97. The maximum atomic E-state index is 12.1. The lowest BCUT2D eigenvalue weighted by Gasteiger charge is -2.31. The summed E-state index contributed by atoms with van der Waals surface area (Å²) < 4.78 is 0. The standard InChI is InChI=1S/C15H24N2O2S/c1-12(9-14-3-2-8-20-14)10-16-15(19)17-6-4-13(11-18)5-7-17/h2-3,8,12-13,18H,4-7,9-11H2,1H3,(H,16,19)/t12-/m0/s1. The summed E-state index contributed by atoms with van der Waals surface area (Å²) in [5.41, 5.74) is 0. The van der Waals surface area contributed by atoms with Gasteiger partial charge in [0.25, 0.3) is 0 Å². The lowest BCUT2D eigenvalue weighted by molar-refractivity contribution is 0.137. The molecule has 1 saturated heterocycles. The molecule has 1 aliphatic heterocycles. The number of piperidine rings is 1. The van der Waals surface area contributed by atoms with Crippen LogP contribution in [0, 0.1) is 11.8 Å². The summed E-state index contributed by atoms with van der Waals surface area (Å²) in [7, 11) is 0. The summed E-state index contributed by atoms with van der Waals surface area (Å²) in [6.45, 7) is 4.65. The molecule has 0 bridgehead atoms. The predicted octanol–water partition coefficient (Wildman–Crippen LogP) is 2.34. The highest BCUT2D eigenvalue weighted by Crippen LogP contribution is 2.17. The number of carbonyl (C=O) groups excluding carboxylic acids is 1.